The highest BCUT2D eigenvalue weighted by molar-refractivity contribution is 7.89. The molecule has 4 aromatic rings. The first-order valence-corrected chi connectivity index (χ1v) is 18.2. The summed E-state index contributed by atoms with van der Waals surface area (Å²) in [6.45, 7) is 6.18. The molecular formula is C37H39F3N4O7S. The standard InChI is InChI=1S/C37H39F3N4O7S/c1-4-27-24-42(36(45)30-17-16-28(50-5-2)22-31(30)37(38,39)40)19-20-43(27)32-18-15-25(29-11-7-9-13-34(29)51-6-3)21-26(32)23-41-52(48,49)35-14-10-8-12-33(35)44(46)47/h7-18,21-22,27,41H,4-6,19-20,23-24H2,1-3H3. The predicted octanol–water partition coefficient (Wildman–Crippen LogP) is 7.30. The summed E-state index contributed by atoms with van der Waals surface area (Å²) in [4.78, 5) is 27.5. The number of carbonyl (C=O) groups is 1. The van der Waals surface area contributed by atoms with Gasteiger partial charge in [-0.2, -0.15) is 13.2 Å². The van der Waals surface area contributed by atoms with E-state index in [-0.39, 0.29) is 44.6 Å². The molecule has 1 saturated heterocycles. The van der Waals surface area contributed by atoms with Crippen molar-refractivity contribution in [2.45, 2.75) is 50.9 Å². The van der Waals surface area contributed by atoms with Gasteiger partial charge in [-0.05, 0) is 73.9 Å². The van der Waals surface area contributed by atoms with Crippen LogP contribution in [-0.2, 0) is 22.7 Å². The summed E-state index contributed by atoms with van der Waals surface area (Å²) in [6, 6.07) is 20.9. The zero-order valence-electron chi connectivity index (χ0n) is 28.9. The van der Waals surface area contributed by atoms with E-state index in [1.165, 1.54) is 23.1 Å². The third-order valence-electron chi connectivity index (χ3n) is 8.77. The molecule has 1 fully saturated rings. The molecule has 1 heterocycles. The van der Waals surface area contributed by atoms with Gasteiger partial charge in [0.1, 0.15) is 11.5 Å². The van der Waals surface area contributed by atoms with Crippen LogP contribution in [0.1, 0.15) is 48.7 Å². The van der Waals surface area contributed by atoms with Crippen molar-refractivity contribution in [1.29, 1.82) is 0 Å². The number of nitro benzene ring substituents is 1. The number of sulfonamides is 1. The van der Waals surface area contributed by atoms with E-state index >= 15 is 0 Å². The lowest BCUT2D eigenvalue weighted by Gasteiger charge is -2.43. The lowest BCUT2D eigenvalue weighted by Crippen LogP contribution is -2.55. The van der Waals surface area contributed by atoms with Gasteiger partial charge in [0, 0.05) is 49.5 Å². The number of nitrogens with one attached hydrogen (secondary N) is 1. The molecule has 0 radical (unpaired) electrons. The quantitative estimate of drug-likeness (QED) is 0.112. The lowest BCUT2D eigenvalue weighted by molar-refractivity contribution is -0.387. The van der Waals surface area contributed by atoms with Crippen molar-refractivity contribution in [3.05, 3.63) is 112 Å². The van der Waals surface area contributed by atoms with Crippen LogP contribution in [0.2, 0.25) is 0 Å². The van der Waals surface area contributed by atoms with Gasteiger partial charge in [-0.3, -0.25) is 14.9 Å². The van der Waals surface area contributed by atoms with Crippen molar-refractivity contribution in [3.8, 4) is 22.6 Å². The van der Waals surface area contributed by atoms with E-state index in [0.717, 1.165) is 35.4 Å². The maximum atomic E-state index is 14.1. The monoisotopic (exact) mass is 740 g/mol. The summed E-state index contributed by atoms with van der Waals surface area (Å²) in [6.07, 6.45) is -4.27. The molecule has 1 aliphatic rings. The number of hydrogen-bond donors (Lipinski definition) is 1. The van der Waals surface area contributed by atoms with E-state index in [1.807, 2.05) is 61.2 Å². The van der Waals surface area contributed by atoms with E-state index in [2.05, 4.69) is 4.72 Å². The van der Waals surface area contributed by atoms with Crippen LogP contribution < -0.4 is 19.1 Å². The Morgan fingerprint density at radius 3 is 2.35 bits per heavy atom. The number of halogens is 3. The van der Waals surface area contributed by atoms with E-state index in [1.54, 1.807) is 6.92 Å². The number of anilines is 1. The van der Waals surface area contributed by atoms with Gasteiger partial charge >= 0.3 is 6.18 Å². The van der Waals surface area contributed by atoms with Gasteiger partial charge in [0.05, 0.1) is 29.3 Å². The Morgan fingerprint density at radius 2 is 1.65 bits per heavy atom. The van der Waals surface area contributed by atoms with Crippen molar-refractivity contribution >= 4 is 27.3 Å². The van der Waals surface area contributed by atoms with Crippen LogP contribution in [-0.4, -0.2) is 63.0 Å². The molecule has 1 unspecified atom stereocenters. The number of benzene rings is 4. The largest absolute Gasteiger partial charge is 0.494 e. The minimum atomic E-state index is -4.78. The number of carbonyl (C=O) groups excluding carboxylic acids is 1. The molecule has 1 amide bonds. The van der Waals surface area contributed by atoms with Crippen molar-refractivity contribution in [2.75, 3.05) is 37.7 Å². The zero-order valence-corrected chi connectivity index (χ0v) is 29.7. The van der Waals surface area contributed by atoms with E-state index in [0.29, 0.717) is 30.0 Å². The van der Waals surface area contributed by atoms with Crippen LogP contribution in [0.3, 0.4) is 0 Å². The number of piperazine rings is 1. The number of alkyl halides is 3. The first-order chi connectivity index (χ1) is 24.8. The number of hydrogen-bond acceptors (Lipinski definition) is 8. The molecule has 15 heteroatoms. The van der Waals surface area contributed by atoms with Crippen LogP contribution in [0.4, 0.5) is 24.5 Å². The molecule has 0 saturated carbocycles. The molecule has 11 nitrogen and oxygen atoms in total. The molecule has 0 spiro atoms. The number of amides is 1. The first kappa shape index (κ1) is 38.1. The molecule has 0 bridgehead atoms. The van der Waals surface area contributed by atoms with Crippen LogP contribution in [0, 0.1) is 10.1 Å². The lowest BCUT2D eigenvalue weighted by atomic mass is 9.98. The Balaban J connectivity index is 1.49. The Kier molecular flexibility index (Phi) is 11.7. The normalized spacial score (nSPS) is 15.0. The second-order valence-corrected chi connectivity index (χ2v) is 13.7. The maximum Gasteiger partial charge on any atom is 0.417 e. The Bertz CT molecular complexity index is 2040. The third-order valence-corrected chi connectivity index (χ3v) is 10.2. The second-order valence-electron chi connectivity index (χ2n) is 12.0. The molecule has 1 N–H and O–H groups in total. The van der Waals surface area contributed by atoms with Gasteiger partial charge in [-0.15, -0.1) is 0 Å². The number of rotatable bonds is 13. The molecule has 52 heavy (non-hydrogen) atoms. The van der Waals surface area contributed by atoms with E-state index in [4.69, 9.17) is 9.47 Å². The molecule has 276 valence electrons. The van der Waals surface area contributed by atoms with Gasteiger partial charge in [-0.1, -0.05) is 43.3 Å². The Hall–Kier alpha value is -5.15. The SMILES string of the molecule is CCOc1ccc(C(=O)N2CCN(c3ccc(-c4ccccc4OCC)cc3CNS(=O)(=O)c3ccccc3[N+](=O)[O-])C(CC)C2)c(C(F)(F)F)c1. The molecule has 4 aromatic carbocycles. The highest BCUT2D eigenvalue weighted by atomic mass is 32.2. The molecule has 0 aromatic heterocycles. The summed E-state index contributed by atoms with van der Waals surface area (Å²) in [7, 11) is -4.36. The number of para-hydroxylation sites is 2. The topological polar surface area (TPSA) is 131 Å². The van der Waals surface area contributed by atoms with Gasteiger partial charge in [0.2, 0.25) is 10.0 Å². The van der Waals surface area contributed by atoms with Gasteiger partial charge in [-0.25, -0.2) is 13.1 Å². The van der Waals surface area contributed by atoms with Gasteiger partial charge < -0.3 is 19.3 Å². The van der Waals surface area contributed by atoms with Crippen molar-refractivity contribution < 1.29 is 40.8 Å². The molecule has 1 atom stereocenters. The van der Waals surface area contributed by atoms with Gasteiger partial charge in [0.15, 0.2) is 4.90 Å². The minimum absolute atomic E-state index is 0.0139. The van der Waals surface area contributed by atoms with Crippen molar-refractivity contribution in [2.24, 2.45) is 0 Å². The van der Waals surface area contributed by atoms with Crippen LogP contribution in [0.15, 0.2) is 89.8 Å². The summed E-state index contributed by atoms with van der Waals surface area (Å²) in [5.74, 6) is -0.121. The molecule has 1 aliphatic heterocycles. The van der Waals surface area contributed by atoms with Crippen molar-refractivity contribution in [1.82, 2.24) is 9.62 Å². The average Bonchev–Trinajstić information content (AvgIpc) is 3.13. The number of nitrogens with zero attached hydrogens (tertiary/aromatic N) is 3. The van der Waals surface area contributed by atoms with E-state index in [9.17, 15) is 36.5 Å². The van der Waals surface area contributed by atoms with Crippen LogP contribution in [0.5, 0.6) is 11.5 Å². The van der Waals surface area contributed by atoms with E-state index < -0.39 is 48.7 Å². The summed E-state index contributed by atoms with van der Waals surface area (Å²) >= 11 is 0. The average molecular weight is 741 g/mol. The summed E-state index contributed by atoms with van der Waals surface area (Å²) in [5, 5.41) is 11.6. The highest BCUT2D eigenvalue weighted by Crippen LogP contribution is 2.38. The summed E-state index contributed by atoms with van der Waals surface area (Å²) < 4.78 is 82.8. The fraction of sp³-hybridized carbons (Fsp3) is 0.324. The van der Waals surface area contributed by atoms with Crippen molar-refractivity contribution in [3.63, 3.8) is 0 Å². The number of ether oxygens (including phenoxy) is 2. The maximum absolute atomic E-state index is 14.1. The predicted molar refractivity (Wildman–Crippen MR) is 190 cm³/mol. The molecule has 5 rings (SSSR count). The van der Waals surface area contributed by atoms with Crippen LogP contribution in [0.25, 0.3) is 11.1 Å². The second kappa shape index (κ2) is 16.0. The number of nitro groups is 1. The Labute approximate surface area is 300 Å². The van der Waals surface area contributed by atoms with Gasteiger partial charge in [0.25, 0.3) is 11.6 Å². The minimum Gasteiger partial charge on any atom is -0.494 e. The first-order valence-electron chi connectivity index (χ1n) is 16.8. The summed E-state index contributed by atoms with van der Waals surface area (Å²) in [5.41, 5.74) is 0.551. The molecule has 0 aliphatic carbocycles. The third kappa shape index (κ3) is 8.31. The van der Waals surface area contributed by atoms with Crippen LogP contribution >= 0.6 is 0 Å². The smallest absolute Gasteiger partial charge is 0.417 e. The fourth-order valence-corrected chi connectivity index (χ4v) is 7.50. The fourth-order valence-electron chi connectivity index (χ4n) is 6.32. The molecular weight excluding hydrogens is 701 g/mol. The zero-order chi connectivity index (χ0) is 37.6. The Morgan fingerprint density at radius 1 is 0.942 bits per heavy atom. The highest BCUT2D eigenvalue weighted by Gasteiger charge is 2.38.